The topological polar surface area (TPSA) is 93.4 Å². The highest BCUT2D eigenvalue weighted by molar-refractivity contribution is 7.07. The summed E-state index contributed by atoms with van der Waals surface area (Å²) in [5.74, 6) is 0.546. The van der Waals surface area contributed by atoms with Crippen molar-refractivity contribution in [2.45, 2.75) is 0 Å². The first-order valence-corrected chi connectivity index (χ1v) is 9.73. The van der Waals surface area contributed by atoms with Gasteiger partial charge in [0.05, 0.1) is 24.4 Å². The second-order valence-electron chi connectivity index (χ2n) is 6.07. The number of thiazole rings is 1. The van der Waals surface area contributed by atoms with Gasteiger partial charge in [-0.15, -0.1) is 11.3 Å². The molecule has 0 aliphatic carbocycles. The molecule has 0 atom stereocenters. The Kier molecular flexibility index (Phi) is 6.35. The molecule has 152 valence electrons. The van der Waals surface area contributed by atoms with E-state index < -0.39 is 5.91 Å². The molecule has 0 saturated heterocycles. The summed E-state index contributed by atoms with van der Waals surface area (Å²) in [5.41, 5.74) is 0.830. The van der Waals surface area contributed by atoms with E-state index in [4.69, 9.17) is 9.47 Å². The number of para-hydroxylation sites is 1. The molecule has 7 nitrogen and oxygen atoms in total. The number of benzene rings is 2. The van der Waals surface area contributed by atoms with E-state index in [1.54, 1.807) is 55.7 Å². The lowest BCUT2D eigenvalue weighted by molar-refractivity contribution is -0.115. The summed E-state index contributed by atoms with van der Waals surface area (Å²) in [6, 6.07) is 16.1. The highest BCUT2D eigenvalue weighted by Crippen LogP contribution is 2.27. The van der Waals surface area contributed by atoms with Crippen molar-refractivity contribution >= 4 is 28.9 Å². The maximum absolute atomic E-state index is 13.2. The van der Waals surface area contributed by atoms with Gasteiger partial charge in [-0.3, -0.25) is 14.2 Å². The van der Waals surface area contributed by atoms with Crippen LogP contribution in [-0.4, -0.2) is 31.7 Å². The number of amides is 1. The number of aromatic nitrogens is 1. The van der Waals surface area contributed by atoms with Gasteiger partial charge in [0.2, 0.25) is 0 Å². The van der Waals surface area contributed by atoms with Gasteiger partial charge in [-0.1, -0.05) is 24.3 Å². The standard InChI is InChI=1S/C22H19N3O4S/c1-24-20(26)16(13-23)22-25(15-7-5-4-6-8-15)21(27)19(30-22)12-14-9-10-17(28-2)18(11-14)29-3/h4-12H,1-3H3,(H,24,26). The highest BCUT2D eigenvalue weighted by Gasteiger charge is 2.16. The molecule has 0 aliphatic rings. The molecule has 0 radical (unpaired) electrons. The Balaban J connectivity index is 2.36. The fourth-order valence-corrected chi connectivity index (χ4v) is 3.98. The van der Waals surface area contributed by atoms with Crippen LogP contribution >= 0.6 is 11.3 Å². The van der Waals surface area contributed by atoms with Gasteiger partial charge >= 0.3 is 0 Å². The number of hydrogen-bond acceptors (Lipinski definition) is 6. The van der Waals surface area contributed by atoms with Gasteiger partial charge < -0.3 is 14.8 Å². The first kappa shape index (κ1) is 20.9. The van der Waals surface area contributed by atoms with Crippen molar-refractivity contribution in [3.8, 4) is 23.3 Å². The Morgan fingerprint density at radius 3 is 2.43 bits per heavy atom. The molecule has 30 heavy (non-hydrogen) atoms. The van der Waals surface area contributed by atoms with Crippen LogP contribution in [0, 0.1) is 11.3 Å². The normalized spacial score (nSPS) is 12.1. The van der Waals surface area contributed by atoms with Crippen molar-refractivity contribution in [2.24, 2.45) is 0 Å². The van der Waals surface area contributed by atoms with Crippen molar-refractivity contribution in [3.05, 3.63) is 73.6 Å². The van der Waals surface area contributed by atoms with Gasteiger partial charge in [0.15, 0.2) is 17.1 Å². The Morgan fingerprint density at radius 1 is 1.13 bits per heavy atom. The van der Waals surface area contributed by atoms with Crippen molar-refractivity contribution in [1.82, 2.24) is 9.88 Å². The largest absolute Gasteiger partial charge is 0.493 e. The van der Waals surface area contributed by atoms with Crippen molar-refractivity contribution in [1.29, 1.82) is 5.26 Å². The van der Waals surface area contributed by atoms with E-state index in [9.17, 15) is 14.9 Å². The van der Waals surface area contributed by atoms with Crippen LogP contribution < -0.4 is 29.5 Å². The van der Waals surface area contributed by atoms with Gasteiger partial charge in [0.1, 0.15) is 10.7 Å². The van der Waals surface area contributed by atoms with E-state index in [1.807, 2.05) is 12.1 Å². The summed E-state index contributed by atoms with van der Waals surface area (Å²) in [5, 5.41) is 12.0. The minimum absolute atomic E-state index is 0.129. The molecule has 3 rings (SSSR count). The summed E-state index contributed by atoms with van der Waals surface area (Å²) in [7, 11) is 4.52. The maximum Gasteiger partial charge on any atom is 0.273 e. The van der Waals surface area contributed by atoms with Crippen molar-refractivity contribution < 1.29 is 14.3 Å². The second kappa shape index (κ2) is 9.11. The molecule has 8 heteroatoms. The third kappa shape index (κ3) is 3.97. The van der Waals surface area contributed by atoms with Gasteiger partial charge in [0.25, 0.3) is 11.5 Å². The molecule has 0 unspecified atom stereocenters. The Bertz CT molecular complexity index is 1300. The molecule has 0 spiro atoms. The van der Waals surface area contributed by atoms with E-state index >= 15 is 0 Å². The van der Waals surface area contributed by atoms with Crippen LogP contribution in [0.2, 0.25) is 0 Å². The van der Waals surface area contributed by atoms with Crippen LogP contribution in [-0.2, 0) is 4.79 Å². The molecular weight excluding hydrogens is 402 g/mol. The fraction of sp³-hybridized carbons (Fsp3) is 0.136. The highest BCUT2D eigenvalue weighted by atomic mass is 32.1. The second-order valence-corrected chi connectivity index (χ2v) is 7.10. The first-order valence-electron chi connectivity index (χ1n) is 8.91. The molecule has 2 aromatic carbocycles. The number of nitrogens with zero attached hydrogens (tertiary/aromatic N) is 2. The van der Waals surface area contributed by atoms with Crippen molar-refractivity contribution in [3.63, 3.8) is 0 Å². The molecule has 1 N–H and O–H groups in total. The van der Waals surface area contributed by atoms with Crippen LogP contribution in [0.4, 0.5) is 0 Å². The molecule has 0 saturated carbocycles. The minimum atomic E-state index is -0.555. The fourth-order valence-electron chi connectivity index (χ4n) is 2.88. The first-order chi connectivity index (χ1) is 14.5. The Morgan fingerprint density at radius 2 is 1.83 bits per heavy atom. The monoisotopic (exact) mass is 421 g/mol. The van der Waals surface area contributed by atoms with Crippen LogP contribution in [0.15, 0.2) is 53.3 Å². The zero-order chi connectivity index (χ0) is 21.7. The van der Waals surface area contributed by atoms with Gasteiger partial charge in [0, 0.05) is 7.05 Å². The smallest absolute Gasteiger partial charge is 0.273 e. The Hall–Kier alpha value is -3.83. The van der Waals surface area contributed by atoms with Gasteiger partial charge in [-0.05, 0) is 35.9 Å². The summed E-state index contributed by atoms with van der Waals surface area (Å²) in [6.07, 6.45) is 1.69. The predicted molar refractivity (Wildman–Crippen MR) is 115 cm³/mol. The molecular formula is C22H19N3O4S. The summed E-state index contributed by atoms with van der Waals surface area (Å²) >= 11 is 1.08. The molecule has 0 aliphatic heterocycles. The van der Waals surface area contributed by atoms with Gasteiger partial charge in [-0.2, -0.15) is 5.26 Å². The number of methoxy groups -OCH3 is 2. The number of rotatable bonds is 5. The number of hydrogen-bond donors (Lipinski definition) is 1. The summed E-state index contributed by atoms with van der Waals surface area (Å²) < 4.78 is 12.6. The van der Waals surface area contributed by atoms with E-state index in [0.717, 1.165) is 16.9 Å². The van der Waals surface area contributed by atoms with Gasteiger partial charge in [-0.25, -0.2) is 0 Å². The van der Waals surface area contributed by atoms with E-state index in [2.05, 4.69) is 5.32 Å². The Labute approximate surface area is 176 Å². The molecule has 3 aromatic rings. The van der Waals surface area contributed by atoms with Crippen LogP contribution in [0.5, 0.6) is 11.5 Å². The molecule has 1 aromatic heterocycles. The average Bonchev–Trinajstić information content (AvgIpc) is 3.10. The third-order valence-electron chi connectivity index (χ3n) is 4.32. The van der Waals surface area contributed by atoms with E-state index in [-0.39, 0.29) is 15.8 Å². The minimum Gasteiger partial charge on any atom is -0.493 e. The molecule has 0 bridgehead atoms. The van der Waals surface area contributed by atoms with Crippen LogP contribution in [0.3, 0.4) is 0 Å². The van der Waals surface area contributed by atoms with E-state index in [1.165, 1.54) is 18.7 Å². The average molecular weight is 421 g/mol. The molecule has 1 heterocycles. The number of carbonyl (C=O) groups excluding carboxylic acids is 1. The summed E-state index contributed by atoms with van der Waals surface area (Å²) in [6.45, 7) is 0. The lowest BCUT2D eigenvalue weighted by Crippen LogP contribution is -2.33. The third-order valence-corrected chi connectivity index (χ3v) is 5.42. The van der Waals surface area contributed by atoms with Crippen LogP contribution in [0.25, 0.3) is 17.3 Å². The number of ether oxygens (including phenoxy) is 2. The lowest BCUT2D eigenvalue weighted by atomic mass is 10.2. The predicted octanol–water partition coefficient (Wildman–Crippen LogP) is 1.17. The maximum atomic E-state index is 13.2. The molecule has 0 fully saturated rings. The SMILES string of the molecule is CNC(=O)C(C#N)=c1sc(=Cc2ccc(OC)c(OC)c2)c(=O)n1-c1ccccc1. The quantitative estimate of drug-likeness (QED) is 0.668. The summed E-state index contributed by atoms with van der Waals surface area (Å²) in [4.78, 5) is 25.5. The van der Waals surface area contributed by atoms with Crippen LogP contribution in [0.1, 0.15) is 5.56 Å². The lowest BCUT2D eigenvalue weighted by Gasteiger charge is -2.07. The number of carbonyl (C=O) groups is 1. The number of nitrogens with one attached hydrogen (secondary N) is 1. The zero-order valence-electron chi connectivity index (χ0n) is 16.6. The van der Waals surface area contributed by atoms with E-state index in [0.29, 0.717) is 21.7 Å². The zero-order valence-corrected chi connectivity index (χ0v) is 17.4. The van der Waals surface area contributed by atoms with Crippen molar-refractivity contribution in [2.75, 3.05) is 21.3 Å². The number of nitriles is 1. The molecule has 1 amide bonds.